The van der Waals surface area contributed by atoms with Crippen LogP contribution in [0.5, 0.6) is 0 Å². The number of carbonyl (C=O) groups is 1. The van der Waals surface area contributed by atoms with Gasteiger partial charge >= 0.3 is 0 Å². The summed E-state index contributed by atoms with van der Waals surface area (Å²) in [5.74, 6) is 0.105. The van der Waals surface area contributed by atoms with E-state index < -0.39 is 0 Å². The van der Waals surface area contributed by atoms with E-state index in [1.807, 2.05) is 12.1 Å². The molecule has 2 aromatic carbocycles. The first-order valence-electron chi connectivity index (χ1n) is 7.03. The fourth-order valence-corrected chi connectivity index (χ4v) is 2.50. The van der Waals surface area contributed by atoms with E-state index in [1.165, 1.54) is 11.1 Å². The van der Waals surface area contributed by atoms with E-state index in [0.717, 1.165) is 29.9 Å². The number of hydrogen-bond donors (Lipinski definition) is 2. The van der Waals surface area contributed by atoms with Gasteiger partial charge in [0, 0.05) is 23.5 Å². The Bertz CT molecular complexity index is 649. The highest BCUT2D eigenvalue weighted by Gasteiger charge is 2.14. The van der Waals surface area contributed by atoms with Crippen molar-refractivity contribution in [2.75, 3.05) is 10.6 Å². The molecule has 3 heteroatoms. The first-order valence-corrected chi connectivity index (χ1v) is 7.03. The van der Waals surface area contributed by atoms with Gasteiger partial charge in [0.25, 0.3) is 0 Å². The molecular weight excluding hydrogens is 248 g/mol. The summed E-state index contributed by atoms with van der Waals surface area (Å²) < 4.78 is 0. The molecule has 0 fully saturated rings. The van der Waals surface area contributed by atoms with Gasteiger partial charge in [-0.15, -0.1) is 0 Å². The molecule has 1 aliphatic heterocycles. The van der Waals surface area contributed by atoms with E-state index >= 15 is 0 Å². The summed E-state index contributed by atoms with van der Waals surface area (Å²) in [6.45, 7) is 2.15. The number of nitrogens with one attached hydrogen (secondary N) is 2. The molecule has 0 aliphatic carbocycles. The lowest BCUT2D eigenvalue weighted by Gasteiger charge is -2.18. The normalized spacial score (nSPS) is 13.6. The van der Waals surface area contributed by atoms with Crippen LogP contribution in [0.2, 0.25) is 0 Å². The predicted molar refractivity (Wildman–Crippen MR) is 82.5 cm³/mol. The molecule has 3 rings (SSSR count). The van der Waals surface area contributed by atoms with E-state index in [0.29, 0.717) is 6.42 Å². The Kier molecular flexibility index (Phi) is 3.42. The van der Waals surface area contributed by atoms with Crippen LogP contribution in [0.3, 0.4) is 0 Å². The summed E-state index contributed by atoms with van der Waals surface area (Å²) in [4.78, 5) is 11.3. The lowest BCUT2D eigenvalue weighted by Crippen LogP contribution is -2.18. The van der Waals surface area contributed by atoms with Crippen molar-refractivity contribution < 1.29 is 4.79 Å². The second kappa shape index (κ2) is 5.37. The third-order valence-electron chi connectivity index (χ3n) is 3.62. The van der Waals surface area contributed by atoms with Gasteiger partial charge in [0.1, 0.15) is 0 Å². The first-order chi connectivity index (χ1) is 9.74. The first kappa shape index (κ1) is 12.7. The van der Waals surface area contributed by atoms with Gasteiger partial charge in [0.15, 0.2) is 0 Å². The zero-order valence-electron chi connectivity index (χ0n) is 11.6. The quantitative estimate of drug-likeness (QED) is 0.885. The van der Waals surface area contributed by atoms with Crippen LogP contribution in [0, 0.1) is 0 Å². The predicted octanol–water partition coefficient (Wildman–Crippen LogP) is 3.88. The van der Waals surface area contributed by atoms with Crippen molar-refractivity contribution in [1.29, 1.82) is 0 Å². The van der Waals surface area contributed by atoms with Crippen molar-refractivity contribution in [1.82, 2.24) is 0 Å². The monoisotopic (exact) mass is 266 g/mol. The molecule has 0 radical (unpaired) electrons. The number of hydrogen-bond acceptors (Lipinski definition) is 2. The fraction of sp³-hybridized carbons (Fsp3) is 0.235. The smallest absolute Gasteiger partial charge is 0.224 e. The van der Waals surface area contributed by atoms with Crippen LogP contribution in [0.25, 0.3) is 0 Å². The number of aryl methyl sites for hydroxylation is 2. The van der Waals surface area contributed by atoms with Crippen molar-refractivity contribution in [2.24, 2.45) is 0 Å². The average Bonchev–Trinajstić information content (AvgIpc) is 2.47. The van der Waals surface area contributed by atoms with Gasteiger partial charge in [0.05, 0.1) is 0 Å². The largest absolute Gasteiger partial charge is 0.356 e. The van der Waals surface area contributed by atoms with Crippen LogP contribution >= 0.6 is 0 Å². The van der Waals surface area contributed by atoms with E-state index in [2.05, 4.69) is 47.9 Å². The van der Waals surface area contributed by atoms with Crippen molar-refractivity contribution in [3.8, 4) is 0 Å². The summed E-state index contributed by atoms with van der Waals surface area (Å²) in [6, 6.07) is 14.5. The maximum atomic E-state index is 11.3. The third-order valence-corrected chi connectivity index (χ3v) is 3.62. The Morgan fingerprint density at radius 1 is 1.10 bits per heavy atom. The maximum Gasteiger partial charge on any atom is 0.224 e. The Morgan fingerprint density at radius 2 is 1.95 bits per heavy atom. The number of benzene rings is 2. The molecule has 1 amide bonds. The summed E-state index contributed by atoms with van der Waals surface area (Å²) in [7, 11) is 0. The van der Waals surface area contributed by atoms with Crippen LogP contribution in [0.15, 0.2) is 42.5 Å². The van der Waals surface area contributed by atoms with Crippen molar-refractivity contribution in [3.63, 3.8) is 0 Å². The van der Waals surface area contributed by atoms with Gasteiger partial charge in [0.2, 0.25) is 5.91 Å². The molecule has 102 valence electrons. The molecule has 0 aromatic heterocycles. The van der Waals surface area contributed by atoms with Crippen molar-refractivity contribution >= 4 is 23.0 Å². The van der Waals surface area contributed by atoms with Crippen molar-refractivity contribution in [3.05, 3.63) is 53.6 Å². The lowest BCUT2D eigenvalue weighted by molar-refractivity contribution is -0.116. The molecule has 0 saturated heterocycles. The summed E-state index contributed by atoms with van der Waals surface area (Å²) in [5.41, 5.74) is 5.62. The molecule has 3 nitrogen and oxygen atoms in total. The number of anilines is 3. The molecular formula is C17H18N2O. The zero-order valence-corrected chi connectivity index (χ0v) is 11.6. The van der Waals surface area contributed by atoms with Crippen molar-refractivity contribution in [2.45, 2.75) is 26.2 Å². The molecule has 0 atom stereocenters. The van der Waals surface area contributed by atoms with E-state index in [1.54, 1.807) is 0 Å². The molecule has 1 heterocycles. The number of rotatable bonds is 3. The Balaban J connectivity index is 1.82. The van der Waals surface area contributed by atoms with Gasteiger partial charge in [-0.25, -0.2) is 0 Å². The zero-order chi connectivity index (χ0) is 13.9. The minimum atomic E-state index is 0.105. The minimum Gasteiger partial charge on any atom is -0.356 e. The van der Waals surface area contributed by atoms with Gasteiger partial charge in [-0.05, 0) is 54.3 Å². The molecule has 2 N–H and O–H groups in total. The van der Waals surface area contributed by atoms with Crippen LogP contribution in [0.1, 0.15) is 24.5 Å². The van der Waals surface area contributed by atoms with Crippen LogP contribution in [-0.4, -0.2) is 5.91 Å². The molecule has 0 spiro atoms. The average molecular weight is 266 g/mol. The number of carbonyl (C=O) groups excluding carboxylic acids is 1. The van der Waals surface area contributed by atoms with Crippen LogP contribution in [0.4, 0.5) is 17.1 Å². The van der Waals surface area contributed by atoms with Gasteiger partial charge in [-0.1, -0.05) is 19.1 Å². The Labute approximate surface area is 119 Å². The highest BCUT2D eigenvalue weighted by atomic mass is 16.1. The minimum absolute atomic E-state index is 0.105. The Morgan fingerprint density at radius 3 is 2.80 bits per heavy atom. The molecule has 0 unspecified atom stereocenters. The maximum absolute atomic E-state index is 11.3. The van der Waals surface area contributed by atoms with E-state index in [-0.39, 0.29) is 5.91 Å². The third kappa shape index (κ3) is 2.67. The summed E-state index contributed by atoms with van der Waals surface area (Å²) >= 11 is 0. The van der Waals surface area contributed by atoms with Gasteiger partial charge in [-0.3, -0.25) is 4.79 Å². The topological polar surface area (TPSA) is 41.1 Å². The van der Waals surface area contributed by atoms with Gasteiger partial charge < -0.3 is 10.6 Å². The lowest BCUT2D eigenvalue weighted by atomic mass is 10.0. The highest BCUT2D eigenvalue weighted by molar-refractivity contribution is 5.94. The molecule has 1 aliphatic rings. The SMILES string of the molecule is CCc1cccc(Nc2ccc3c(c2)CCC(=O)N3)c1. The summed E-state index contributed by atoms with van der Waals surface area (Å²) in [6.07, 6.45) is 2.42. The fourth-order valence-electron chi connectivity index (χ4n) is 2.50. The molecule has 20 heavy (non-hydrogen) atoms. The number of fused-ring (bicyclic) bond motifs is 1. The standard InChI is InChI=1S/C17H18N2O/c1-2-12-4-3-5-14(10-12)18-15-7-8-16-13(11-15)6-9-17(20)19-16/h3-5,7-8,10-11,18H,2,6,9H2,1H3,(H,19,20). The second-order valence-electron chi connectivity index (χ2n) is 5.10. The van der Waals surface area contributed by atoms with E-state index in [4.69, 9.17) is 0 Å². The molecule has 0 saturated carbocycles. The van der Waals surface area contributed by atoms with Crippen LogP contribution < -0.4 is 10.6 Å². The molecule has 2 aromatic rings. The highest BCUT2D eigenvalue weighted by Crippen LogP contribution is 2.27. The van der Waals surface area contributed by atoms with Crippen LogP contribution in [-0.2, 0) is 17.6 Å². The molecule has 0 bridgehead atoms. The van der Waals surface area contributed by atoms with E-state index in [9.17, 15) is 4.79 Å². The number of amides is 1. The second-order valence-corrected chi connectivity index (χ2v) is 5.10. The Hall–Kier alpha value is -2.29. The van der Waals surface area contributed by atoms with Gasteiger partial charge in [-0.2, -0.15) is 0 Å². The summed E-state index contributed by atoms with van der Waals surface area (Å²) in [5, 5.41) is 6.33.